The van der Waals surface area contributed by atoms with E-state index in [9.17, 15) is 4.39 Å². The summed E-state index contributed by atoms with van der Waals surface area (Å²) in [6, 6.07) is 18.3. The van der Waals surface area contributed by atoms with E-state index in [1.807, 2.05) is 25.2 Å². The lowest BCUT2D eigenvalue weighted by Gasteiger charge is -2.23. The smallest absolute Gasteiger partial charge is 0.131 e. The summed E-state index contributed by atoms with van der Waals surface area (Å²) >= 11 is 12.5. The number of anilines is 1. The van der Waals surface area contributed by atoms with Crippen LogP contribution in [0.25, 0.3) is 11.1 Å². The van der Waals surface area contributed by atoms with Crippen LogP contribution in [0.5, 0.6) is 5.75 Å². The molecule has 0 radical (unpaired) electrons. The van der Waals surface area contributed by atoms with Gasteiger partial charge >= 0.3 is 0 Å². The predicted octanol–water partition coefficient (Wildman–Crippen LogP) is 6.24. The maximum atomic E-state index is 14.3. The van der Waals surface area contributed by atoms with Crippen LogP contribution >= 0.6 is 23.2 Å². The fraction of sp³-hybridized carbons (Fsp3) is 0.182. The molecular formula is C22H18Cl2FNO. The highest BCUT2D eigenvalue weighted by Gasteiger charge is 2.28. The second-order valence-corrected chi connectivity index (χ2v) is 7.57. The van der Waals surface area contributed by atoms with Crippen molar-refractivity contribution in [2.75, 3.05) is 18.5 Å². The molecule has 0 bridgehead atoms. The topological polar surface area (TPSA) is 12.5 Å². The summed E-state index contributed by atoms with van der Waals surface area (Å²) in [7, 11) is 2.02. The molecule has 0 N–H and O–H groups in total. The fourth-order valence-corrected chi connectivity index (χ4v) is 3.89. The van der Waals surface area contributed by atoms with Crippen LogP contribution in [0.15, 0.2) is 60.7 Å². The summed E-state index contributed by atoms with van der Waals surface area (Å²) in [5.74, 6) is 0.382. The molecule has 0 aliphatic carbocycles. The lowest BCUT2D eigenvalue weighted by Crippen LogP contribution is -2.31. The molecule has 0 fully saturated rings. The van der Waals surface area contributed by atoms with E-state index in [0.29, 0.717) is 39.9 Å². The average molecular weight is 402 g/mol. The molecule has 1 aliphatic rings. The van der Waals surface area contributed by atoms with E-state index >= 15 is 0 Å². The van der Waals surface area contributed by atoms with Crippen LogP contribution in [0.3, 0.4) is 0 Å². The number of likely N-dealkylation sites (N-methyl/N-ethyl adjacent to an activating group) is 1. The van der Waals surface area contributed by atoms with Gasteiger partial charge in [0.25, 0.3) is 0 Å². The van der Waals surface area contributed by atoms with Gasteiger partial charge in [0.1, 0.15) is 17.7 Å². The third kappa shape index (κ3) is 3.76. The Morgan fingerprint density at radius 1 is 1.04 bits per heavy atom. The van der Waals surface area contributed by atoms with E-state index < -0.39 is 0 Å². The third-order valence-corrected chi connectivity index (χ3v) is 5.32. The van der Waals surface area contributed by atoms with Gasteiger partial charge < -0.3 is 9.64 Å². The largest absolute Gasteiger partial charge is 0.487 e. The van der Waals surface area contributed by atoms with E-state index in [2.05, 4.69) is 17.0 Å². The van der Waals surface area contributed by atoms with E-state index in [-0.39, 0.29) is 11.9 Å². The summed E-state index contributed by atoms with van der Waals surface area (Å²) in [5, 5.41) is 1.06. The van der Waals surface area contributed by atoms with Gasteiger partial charge in [-0.25, -0.2) is 4.39 Å². The standard InChI is InChI=1S/C22H18Cl2FNO/c1-26(17-5-3-2-4-6-17)13-18-10-14-9-16(25)12-20(22(14)27-18)19-11-15(23)7-8-21(19)24/h2-9,11-12,18H,10,13H2,1H3. The van der Waals surface area contributed by atoms with Gasteiger partial charge in [-0.15, -0.1) is 0 Å². The summed E-state index contributed by atoms with van der Waals surface area (Å²) in [6.07, 6.45) is 0.582. The second kappa shape index (κ2) is 7.41. The monoisotopic (exact) mass is 401 g/mol. The van der Waals surface area contributed by atoms with Crippen LogP contribution in [0.4, 0.5) is 10.1 Å². The van der Waals surface area contributed by atoms with Crippen molar-refractivity contribution in [1.29, 1.82) is 0 Å². The molecule has 0 saturated heterocycles. The Kier molecular flexibility index (Phi) is 4.98. The van der Waals surface area contributed by atoms with Gasteiger partial charge in [-0.1, -0.05) is 41.4 Å². The van der Waals surface area contributed by atoms with Crippen molar-refractivity contribution in [1.82, 2.24) is 0 Å². The molecule has 138 valence electrons. The average Bonchev–Trinajstić information content (AvgIpc) is 3.05. The summed E-state index contributed by atoms with van der Waals surface area (Å²) in [4.78, 5) is 2.14. The van der Waals surface area contributed by atoms with E-state index in [0.717, 1.165) is 11.3 Å². The van der Waals surface area contributed by atoms with Gasteiger partial charge in [0.05, 0.1) is 6.54 Å². The molecular weight excluding hydrogens is 384 g/mol. The van der Waals surface area contributed by atoms with Crippen molar-refractivity contribution in [2.24, 2.45) is 0 Å². The van der Waals surface area contributed by atoms with Crippen LogP contribution in [-0.2, 0) is 6.42 Å². The Hall–Kier alpha value is -2.23. The molecule has 1 unspecified atom stereocenters. The van der Waals surface area contributed by atoms with E-state index in [4.69, 9.17) is 27.9 Å². The Balaban J connectivity index is 1.63. The lowest BCUT2D eigenvalue weighted by molar-refractivity contribution is 0.240. The van der Waals surface area contributed by atoms with Crippen molar-refractivity contribution >= 4 is 28.9 Å². The third-order valence-electron chi connectivity index (χ3n) is 4.76. The first kappa shape index (κ1) is 18.1. The molecule has 27 heavy (non-hydrogen) atoms. The first-order chi connectivity index (χ1) is 13.0. The van der Waals surface area contributed by atoms with Crippen molar-refractivity contribution in [3.8, 4) is 16.9 Å². The highest BCUT2D eigenvalue weighted by molar-refractivity contribution is 6.35. The maximum Gasteiger partial charge on any atom is 0.131 e. The Bertz CT molecular complexity index is 978. The fourth-order valence-electron chi connectivity index (χ4n) is 3.49. The van der Waals surface area contributed by atoms with Crippen molar-refractivity contribution in [3.05, 3.63) is 82.1 Å². The minimum absolute atomic E-state index is 0.0660. The molecule has 0 saturated carbocycles. The van der Waals surface area contributed by atoms with Crippen molar-refractivity contribution < 1.29 is 9.13 Å². The number of benzene rings is 3. The number of nitrogens with zero attached hydrogens (tertiary/aromatic N) is 1. The second-order valence-electron chi connectivity index (χ2n) is 6.73. The summed E-state index contributed by atoms with van der Waals surface area (Å²) in [6.45, 7) is 0.697. The van der Waals surface area contributed by atoms with Crippen LogP contribution in [0.2, 0.25) is 10.0 Å². The number of hydrogen-bond donors (Lipinski definition) is 0. The lowest BCUT2D eigenvalue weighted by atomic mass is 10.00. The first-order valence-corrected chi connectivity index (χ1v) is 9.47. The minimum atomic E-state index is -0.305. The quantitative estimate of drug-likeness (QED) is 0.512. The summed E-state index contributed by atoms with van der Waals surface area (Å²) < 4.78 is 20.5. The van der Waals surface area contributed by atoms with Gasteiger partial charge in [0, 0.05) is 45.9 Å². The molecule has 3 aromatic rings. The zero-order valence-corrected chi connectivity index (χ0v) is 16.3. The van der Waals surface area contributed by atoms with Gasteiger partial charge in [0.2, 0.25) is 0 Å². The molecule has 1 aliphatic heterocycles. The van der Waals surface area contributed by atoms with Crippen molar-refractivity contribution in [2.45, 2.75) is 12.5 Å². The molecule has 0 spiro atoms. The van der Waals surface area contributed by atoms with Gasteiger partial charge in [0.15, 0.2) is 0 Å². The van der Waals surface area contributed by atoms with Crippen LogP contribution in [0.1, 0.15) is 5.56 Å². The number of halogens is 3. The Morgan fingerprint density at radius 3 is 2.59 bits per heavy atom. The van der Waals surface area contributed by atoms with Gasteiger partial charge in [-0.3, -0.25) is 0 Å². The zero-order chi connectivity index (χ0) is 19.0. The molecule has 1 atom stereocenters. The number of rotatable bonds is 4. The SMILES string of the molecule is CN(CC1Cc2cc(F)cc(-c3cc(Cl)ccc3Cl)c2O1)c1ccccc1. The number of fused-ring (bicyclic) bond motifs is 1. The maximum absolute atomic E-state index is 14.3. The van der Waals surface area contributed by atoms with Crippen LogP contribution in [0, 0.1) is 5.82 Å². The van der Waals surface area contributed by atoms with Gasteiger partial charge in [-0.05, 0) is 42.5 Å². The Morgan fingerprint density at radius 2 is 1.81 bits per heavy atom. The molecule has 5 heteroatoms. The van der Waals surface area contributed by atoms with Gasteiger partial charge in [-0.2, -0.15) is 0 Å². The first-order valence-electron chi connectivity index (χ1n) is 8.72. The molecule has 1 heterocycles. The number of para-hydroxylation sites is 1. The molecule has 4 rings (SSSR count). The van der Waals surface area contributed by atoms with Crippen molar-refractivity contribution in [3.63, 3.8) is 0 Å². The number of hydrogen-bond acceptors (Lipinski definition) is 2. The molecule has 0 amide bonds. The summed E-state index contributed by atoms with van der Waals surface area (Å²) in [5.41, 5.74) is 3.29. The molecule has 3 aromatic carbocycles. The Labute approximate surface area is 168 Å². The van der Waals surface area contributed by atoms with E-state index in [1.165, 1.54) is 6.07 Å². The molecule has 0 aromatic heterocycles. The predicted molar refractivity (Wildman–Crippen MR) is 110 cm³/mol. The van der Waals surface area contributed by atoms with Crippen LogP contribution < -0.4 is 9.64 Å². The highest BCUT2D eigenvalue weighted by atomic mass is 35.5. The van der Waals surface area contributed by atoms with Crippen LogP contribution in [-0.4, -0.2) is 19.7 Å². The zero-order valence-electron chi connectivity index (χ0n) is 14.8. The number of ether oxygens (including phenoxy) is 1. The highest BCUT2D eigenvalue weighted by Crippen LogP contribution is 2.43. The molecule has 2 nitrogen and oxygen atoms in total. The van der Waals surface area contributed by atoms with E-state index in [1.54, 1.807) is 24.3 Å². The normalized spacial score (nSPS) is 15.3. The minimum Gasteiger partial charge on any atom is -0.487 e.